The van der Waals surface area contributed by atoms with E-state index in [0.29, 0.717) is 24.6 Å². The number of carbonyl (C=O) groups is 2. The Balaban J connectivity index is 1.79. The minimum absolute atomic E-state index is 0.00942. The number of amides is 2. The predicted molar refractivity (Wildman–Crippen MR) is 82.5 cm³/mol. The maximum atomic E-state index is 12.3. The molecule has 1 aromatic carbocycles. The van der Waals surface area contributed by atoms with Crippen molar-refractivity contribution in [3.63, 3.8) is 0 Å². The average molecular weight is 289 g/mol. The molecule has 0 saturated carbocycles. The molecule has 1 aliphatic heterocycles. The van der Waals surface area contributed by atoms with Gasteiger partial charge in [0.1, 0.15) is 0 Å². The fourth-order valence-electron chi connectivity index (χ4n) is 2.66. The minimum Gasteiger partial charge on any atom is -0.399 e. The van der Waals surface area contributed by atoms with Crippen molar-refractivity contribution in [2.75, 3.05) is 25.4 Å². The summed E-state index contributed by atoms with van der Waals surface area (Å²) in [6.45, 7) is 3.79. The molecule has 2 amide bonds. The van der Waals surface area contributed by atoms with Crippen LogP contribution in [0.3, 0.4) is 0 Å². The molecule has 1 aromatic rings. The van der Waals surface area contributed by atoms with E-state index in [-0.39, 0.29) is 11.8 Å². The first-order valence-electron chi connectivity index (χ1n) is 7.41. The van der Waals surface area contributed by atoms with Crippen molar-refractivity contribution in [3.05, 3.63) is 29.8 Å². The summed E-state index contributed by atoms with van der Waals surface area (Å²) in [6, 6.07) is 7.47. The first-order chi connectivity index (χ1) is 10.0. The molecule has 3 N–H and O–H groups in total. The molecule has 5 nitrogen and oxygen atoms in total. The van der Waals surface area contributed by atoms with Gasteiger partial charge in [-0.05, 0) is 36.5 Å². The second-order valence-corrected chi connectivity index (χ2v) is 5.68. The smallest absolute Gasteiger partial charge is 0.226 e. The van der Waals surface area contributed by atoms with E-state index in [1.165, 1.54) is 6.92 Å². The molecule has 0 radical (unpaired) electrons. The first-order valence-corrected chi connectivity index (χ1v) is 7.41. The van der Waals surface area contributed by atoms with Gasteiger partial charge in [0.2, 0.25) is 11.8 Å². The van der Waals surface area contributed by atoms with Crippen molar-refractivity contribution in [1.82, 2.24) is 10.2 Å². The van der Waals surface area contributed by atoms with Gasteiger partial charge < -0.3 is 16.0 Å². The Morgan fingerprint density at radius 2 is 2.05 bits per heavy atom. The summed E-state index contributed by atoms with van der Waals surface area (Å²) in [4.78, 5) is 25.1. The lowest BCUT2D eigenvalue weighted by Crippen LogP contribution is -2.41. The summed E-state index contributed by atoms with van der Waals surface area (Å²) in [6.07, 6.45) is 2.30. The van der Waals surface area contributed by atoms with E-state index in [1.54, 1.807) is 0 Å². The van der Waals surface area contributed by atoms with Gasteiger partial charge in [0.05, 0.1) is 6.42 Å². The van der Waals surface area contributed by atoms with Gasteiger partial charge >= 0.3 is 0 Å². The molecule has 0 atom stereocenters. The largest absolute Gasteiger partial charge is 0.399 e. The molecular weight excluding hydrogens is 266 g/mol. The van der Waals surface area contributed by atoms with Gasteiger partial charge in [0.15, 0.2) is 0 Å². The molecule has 1 saturated heterocycles. The summed E-state index contributed by atoms with van der Waals surface area (Å²) in [5, 5.41) is 2.85. The Bertz CT molecular complexity index is 508. The average Bonchev–Trinajstić information content (AvgIpc) is 2.45. The highest BCUT2D eigenvalue weighted by Crippen LogP contribution is 2.18. The van der Waals surface area contributed by atoms with E-state index in [1.807, 2.05) is 29.2 Å². The zero-order valence-electron chi connectivity index (χ0n) is 12.5. The summed E-state index contributed by atoms with van der Waals surface area (Å²) < 4.78 is 0. The molecular formula is C16H23N3O2. The molecule has 1 aliphatic rings. The number of hydrogen-bond acceptors (Lipinski definition) is 3. The summed E-state index contributed by atoms with van der Waals surface area (Å²) >= 11 is 0. The molecule has 1 fully saturated rings. The quantitative estimate of drug-likeness (QED) is 0.817. The third kappa shape index (κ3) is 4.77. The number of anilines is 1. The van der Waals surface area contributed by atoms with E-state index in [0.717, 1.165) is 31.5 Å². The Hall–Kier alpha value is -2.04. The first kappa shape index (κ1) is 15.4. The summed E-state index contributed by atoms with van der Waals surface area (Å²) in [5.41, 5.74) is 7.38. The van der Waals surface area contributed by atoms with Gasteiger partial charge in [-0.2, -0.15) is 0 Å². The van der Waals surface area contributed by atoms with E-state index in [4.69, 9.17) is 5.73 Å². The highest BCUT2D eigenvalue weighted by Gasteiger charge is 2.22. The Labute approximate surface area is 125 Å². The Morgan fingerprint density at radius 1 is 1.33 bits per heavy atom. The third-order valence-electron chi connectivity index (χ3n) is 3.91. The number of nitrogens with one attached hydrogen (secondary N) is 1. The highest BCUT2D eigenvalue weighted by atomic mass is 16.2. The number of nitrogen functional groups attached to an aromatic ring is 1. The van der Waals surface area contributed by atoms with Crippen LogP contribution in [0.2, 0.25) is 0 Å². The Morgan fingerprint density at radius 3 is 2.67 bits per heavy atom. The molecule has 0 aliphatic carbocycles. The molecule has 21 heavy (non-hydrogen) atoms. The topological polar surface area (TPSA) is 75.4 Å². The lowest BCUT2D eigenvalue weighted by molar-refractivity contribution is -0.132. The molecule has 2 rings (SSSR count). The number of hydrogen-bond donors (Lipinski definition) is 2. The summed E-state index contributed by atoms with van der Waals surface area (Å²) in [7, 11) is 0. The van der Waals surface area contributed by atoms with Crippen LogP contribution in [0.4, 0.5) is 5.69 Å². The second-order valence-electron chi connectivity index (χ2n) is 5.68. The van der Waals surface area contributed by atoms with Crippen molar-refractivity contribution in [1.29, 1.82) is 0 Å². The molecule has 114 valence electrons. The van der Waals surface area contributed by atoms with E-state index >= 15 is 0 Å². The van der Waals surface area contributed by atoms with Crippen molar-refractivity contribution in [2.24, 2.45) is 5.92 Å². The normalized spacial score (nSPS) is 15.8. The number of nitrogens with zero attached hydrogens (tertiary/aromatic N) is 1. The van der Waals surface area contributed by atoms with E-state index in [9.17, 15) is 9.59 Å². The zero-order chi connectivity index (χ0) is 15.2. The van der Waals surface area contributed by atoms with Crippen LogP contribution in [-0.2, 0) is 16.0 Å². The lowest BCUT2D eigenvalue weighted by atomic mass is 9.96. The number of nitrogens with two attached hydrogens (primary N) is 1. The van der Waals surface area contributed by atoms with Crippen LogP contribution >= 0.6 is 0 Å². The van der Waals surface area contributed by atoms with Gasteiger partial charge in [-0.15, -0.1) is 0 Å². The number of piperidine rings is 1. The molecule has 0 aromatic heterocycles. The van der Waals surface area contributed by atoms with E-state index in [2.05, 4.69) is 5.32 Å². The fraction of sp³-hybridized carbons (Fsp3) is 0.500. The molecule has 0 bridgehead atoms. The lowest BCUT2D eigenvalue weighted by Gasteiger charge is -2.32. The van der Waals surface area contributed by atoms with Crippen molar-refractivity contribution in [2.45, 2.75) is 26.2 Å². The van der Waals surface area contributed by atoms with Crippen LogP contribution in [0.15, 0.2) is 24.3 Å². The van der Waals surface area contributed by atoms with Crippen molar-refractivity contribution < 1.29 is 9.59 Å². The molecule has 0 unspecified atom stereocenters. The molecule has 5 heteroatoms. The van der Waals surface area contributed by atoms with Gasteiger partial charge in [0.25, 0.3) is 0 Å². The van der Waals surface area contributed by atoms with Crippen molar-refractivity contribution in [3.8, 4) is 0 Å². The molecule has 1 heterocycles. The monoisotopic (exact) mass is 289 g/mol. The molecule has 0 spiro atoms. The summed E-state index contributed by atoms with van der Waals surface area (Å²) in [5.74, 6) is 0.638. The number of rotatable bonds is 4. The van der Waals surface area contributed by atoms with Gasteiger partial charge in [-0.1, -0.05) is 12.1 Å². The minimum atomic E-state index is 0.00942. The maximum Gasteiger partial charge on any atom is 0.226 e. The van der Waals surface area contributed by atoms with Crippen LogP contribution in [0.25, 0.3) is 0 Å². The van der Waals surface area contributed by atoms with Gasteiger partial charge in [0, 0.05) is 32.2 Å². The van der Waals surface area contributed by atoms with E-state index < -0.39 is 0 Å². The number of benzene rings is 1. The second kappa shape index (κ2) is 7.11. The van der Waals surface area contributed by atoms with Crippen LogP contribution in [0.1, 0.15) is 25.3 Å². The maximum absolute atomic E-state index is 12.3. The third-order valence-corrected chi connectivity index (χ3v) is 3.91. The van der Waals surface area contributed by atoms with Gasteiger partial charge in [-0.3, -0.25) is 9.59 Å². The van der Waals surface area contributed by atoms with Crippen LogP contribution in [-0.4, -0.2) is 36.3 Å². The van der Waals surface area contributed by atoms with Crippen LogP contribution in [0, 0.1) is 5.92 Å². The van der Waals surface area contributed by atoms with Gasteiger partial charge in [-0.25, -0.2) is 0 Å². The predicted octanol–water partition coefficient (Wildman–Crippen LogP) is 1.19. The zero-order valence-corrected chi connectivity index (χ0v) is 12.5. The van der Waals surface area contributed by atoms with Crippen LogP contribution < -0.4 is 11.1 Å². The standard InChI is InChI=1S/C16H23N3O2/c1-12(20)18-11-13-5-7-19(8-6-13)16(21)10-14-3-2-4-15(17)9-14/h2-4,9,13H,5-8,10-11,17H2,1H3,(H,18,20). The van der Waals surface area contributed by atoms with Crippen molar-refractivity contribution >= 4 is 17.5 Å². The highest BCUT2D eigenvalue weighted by molar-refractivity contribution is 5.79. The SMILES string of the molecule is CC(=O)NCC1CCN(C(=O)Cc2cccc(N)c2)CC1. The fourth-order valence-corrected chi connectivity index (χ4v) is 2.66. The Kier molecular flexibility index (Phi) is 5.20. The number of carbonyl (C=O) groups excluding carboxylic acids is 2. The number of likely N-dealkylation sites (tertiary alicyclic amines) is 1. The van der Waals surface area contributed by atoms with Crippen LogP contribution in [0.5, 0.6) is 0 Å².